The minimum Gasteiger partial charge on any atom is -0.316 e. The molecule has 1 aromatic rings. The van der Waals surface area contributed by atoms with Gasteiger partial charge in [0.1, 0.15) is 5.78 Å². The third-order valence-corrected chi connectivity index (χ3v) is 4.85. The molecule has 0 spiro atoms. The van der Waals surface area contributed by atoms with Crippen LogP contribution >= 0.6 is 15.9 Å². The average Bonchev–Trinajstić information content (AvgIpc) is 2.89. The summed E-state index contributed by atoms with van der Waals surface area (Å²) in [7, 11) is 0. The number of hydrogen-bond acceptors (Lipinski definition) is 3. The molecule has 1 N–H and O–H groups in total. The predicted octanol–water partition coefficient (Wildman–Crippen LogP) is 2.09. The van der Waals surface area contributed by atoms with Crippen LogP contribution in [0.4, 0.5) is 0 Å². The maximum absolute atomic E-state index is 12.5. The number of nitrogens with one attached hydrogen (secondary N) is 1. The van der Waals surface area contributed by atoms with Crippen molar-refractivity contribution in [2.24, 2.45) is 5.41 Å². The summed E-state index contributed by atoms with van der Waals surface area (Å²) in [5.74, 6) is 0.308. The van der Waals surface area contributed by atoms with E-state index in [1.807, 2.05) is 18.5 Å². The molecule has 1 aromatic heterocycles. The zero-order valence-corrected chi connectivity index (χ0v) is 12.8. The van der Waals surface area contributed by atoms with E-state index in [0.29, 0.717) is 12.2 Å². The fraction of sp³-hybridized carbons (Fsp3) is 0.692. The summed E-state index contributed by atoms with van der Waals surface area (Å²) in [5.41, 5.74) is 1.75. The van der Waals surface area contributed by atoms with Crippen molar-refractivity contribution < 1.29 is 4.79 Å². The molecule has 1 atom stereocenters. The monoisotopic (exact) mass is 313 g/mol. The van der Waals surface area contributed by atoms with Crippen molar-refractivity contribution in [3.05, 3.63) is 15.9 Å². The lowest BCUT2D eigenvalue weighted by Gasteiger charge is -2.21. The van der Waals surface area contributed by atoms with Crippen LogP contribution in [0.25, 0.3) is 0 Å². The highest BCUT2D eigenvalue weighted by Gasteiger charge is 2.36. The Hall–Kier alpha value is -0.680. The Morgan fingerprint density at radius 2 is 2.33 bits per heavy atom. The van der Waals surface area contributed by atoms with Crippen LogP contribution < -0.4 is 5.32 Å². The number of ketones is 1. The summed E-state index contributed by atoms with van der Waals surface area (Å²) >= 11 is 3.55. The van der Waals surface area contributed by atoms with Crippen LogP contribution in [0.5, 0.6) is 0 Å². The molecule has 0 aliphatic carbocycles. The lowest BCUT2D eigenvalue weighted by atomic mass is 9.83. The second kappa shape index (κ2) is 5.13. The first-order chi connectivity index (χ1) is 8.48. The minimum absolute atomic E-state index is 0.212. The Labute approximate surface area is 116 Å². The zero-order chi connectivity index (χ0) is 13.3. The highest BCUT2D eigenvalue weighted by Crippen LogP contribution is 2.29. The number of nitrogens with zero attached hydrogens (tertiary/aromatic N) is 2. The standard InChI is InChI=1S/C13H20BrN3O/c1-4-17-10(12(14)9(2)16-17)7-11(18)13(3)5-6-15-8-13/h15H,4-8H2,1-3H3. The summed E-state index contributed by atoms with van der Waals surface area (Å²) in [6, 6.07) is 0. The van der Waals surface area contributed by atoms with E-state index >= 15 is 0 Å². The van der Waals surface area contributed by atoms with Gasteiger partial charge in [0.15, 0.2) is 0 Å². The van der Waals surface area contributed by atoms with Crippen molar-refractivity contribution in [1.82, 2.24) is 15.1 Å². The zero-order valence-electron chi connectivity index (χ0n) is 11.2. The third kappa shape index (κ3) is 2.38. The van der Waals surface area contributed by atoms with Crippen molar-refractivity contribution in [3.8, 4) is 0 Å². The molecule has 0 aromatic carbocycles. The van der Waals surface area contributed by atoms with Gasteiger partial charge in [-0.2, -0.15) is 5.10 Å². The summed E-state index contributed by atoms with van der Waals surface area (Å²) in [6.45, 7) is 8.60. The Kier molecular flexibility index (Phi) is 3.92. The van der Waals surface area contributed by atoms with Crippen molar-refractivity contribution in [1.29, 1.82) is 0 Å². The van der Waals surface area contributed by atoms with Crippen molar-refractivity contribution in [3.63, 3.8) is 0 Å². The molecule has 1 unspecified atom stereocenters. The van der Waals surface area contributed by atoms with Gasteiger partial charge in [0.2, 0.25) is 0 Å². The molecule has 100 valence electrons. The van der Waals surface area contributed by atoms with Gasteiger partial charge < -0.3 is 5.32 Å². The van der Waals surface area contributed by atoms with Crippen LogP contribution in [0, 0.1) is 12.3 Å². The van der Waals surface area contributed by atoms with Gasteiger partial charge in [-0.05, 0) is 42.7 Å². The maximum atomic E-state index is 12.5. The Morgan fingerprint density at radius 1 is 1.61 bits per heavy atom. The second-order valence-corrected chi connectivity index (χ2v) is 6.04. The number of carbonyl (C=O) groups excluding carboxylic acids is 1. The molecule has 0 saturated carbocycles. The first kappa shape index (κ1) is 13.7. The number of aryl methyl sites for hydroxylation is 2. The summed E-state index contributed by atoms with van der Waals surface area (Å²) < 4.78 is 2.90. The Morgan fingerprint density at radius 3 is 2.89 bits per heavy atom. The van der Waals surface area contributed by atoms with Gasteiger partial charge in [-0.15, -0.1) is 0 Å². The van der Waals surface area contributed by atoms with Gasteiger partial charge in [-0.1, -0.05) is 6.92 Å². The van der Waals surface area contributed by atoms with Crippen LogP contribution in [-0.2, 0) is 17.8 Å². The van der Waals surface area contributed by atoms with Crippen LogP contribution in [0.2, 0.25) is 0 Å². The maximum Gasteiger partial charge on any atom is 0.146 e. The molecular formula is C13H20BrN3O. The van der Waals surface area contributed by atoms with E-state index < -0.39 is 0 Å². The van der Waals surface area contributed by atoms with Gasteiger partial charge in [-0.25, -0.2) is 0 Å². The summed E-state index contributed by atoms with van der Waals surface area (Å²) in [5, 5.41) is 7.71. The summed E-state index contributed by atoms with van der Waals surface area (Å²) in [6.07, 6.45) is 1.40. The first-order valence-corrected chi connectivity index (χ1v) is 7.23. The molecule has 1 aliphatic rings. The number of Topliss-reactive ketones (excluding diaryl/α,β-unsaturated/α-hetero) is 1. The minimum atomic E-state index is -0.212. The van der Waals surface area contributed by atoms with E-state index in [1.54, 1.807) is 0 Å². The van der Waals surface area contributed by atoms with E-state index in [0.717, 1.165) is 41.9 Å². The number of aromatic nitrogens is 2. The number of carbonyl (C=O) groups is 1. The highest BCUT2D eigenvalue weighted by atomic mass is 79.9. The van der Waals surface area contributed by atoms with Gasteiger partial charge in [-0.3, -0.25) is 9.48 Å². The molecule has 4 nitrogen and oxygen atoms in total. The molecule has 18 heavy (non-hydrogen) atoms. The van der Waals surface area contributed by atoms with Crippen LogP contribution in [0.15, 0.2) is 4.47 Å². The molecule has 2 rings (SSSR count). The third-order valence-electron chi connectivity index (χ3n) is 3.82. The molecule has 2 heterocycles. The molecular weight excluding hydrogens is 294 g/mol. The van der Waals surface area contributed by atoms with Gasteiger partial charge in [0.25, 0.3) is 0 Å². The van der Waals surface area contributed by atoms with Gasteiger partial charge in [0.05, 0.1) is 22.3 Å². The van der Waals surface area contributed by atoms with E-state index in [1.165, 1.54) is 0 Å². The second-order valence-electron chi connectivity index (χ2n) is 5.25. The van der Waals surface area contributed by atoms with Crippen molar-refractivity contribution >= 4 is 21.7 Å². The van der Waals surface area contributed by atoms with E-state index in [9.17, 15) is 4.79 Å². The van der Waals surface area contributed by atoms with Crippen LogP contribution in [-0.4, -0.2) is 28.7 Å². The number of rotatable bonds is 4. The molecule has 0 bridgehead atoms. The van der Waals surface area contributed by atoms with Gasteiger partial charge in [0, 0.05) is 18.5 Å². The SMILES string of the molecule is CCn1nc(C)c(Br)c1CC(=O)C1(C)CCNC1. The lowest BCUT2D eigenvalue weighted by molar-refractivity contribution is -0.126. The highest BCUT2D eigenvalue weighted by molar-refractivity contribution is 9.10. The van der Waals surface area contributed by atoms with Gasteiger partial charge >= 0.3 is 0 Å². The molecule has 1 fully saturated rings. The molecule has 1 aliphatic heterocycles. The average molecular weight is 314 g/mol. The number of hydrogen-bond donors (Lipinski definition) is 1. The lowest BCUT2D eigenvalue weighted by Crippen LogP contribution is -2.32. The largest absolute Gasteiger partial charge is 0.316 e. The van der Waals surface area contributed by atoms with Crippen LogP contribution in [0.1, 0.15) is 31.7 Å². The smallest absolute Gasteiger partial charge is 0.146 e. The quantitative estimate of drug-likeness (QED) is 0.926. The van der Waals surface area contributed by atoms with E-state index in [2.05, 4.69) is 33.3 Å². The molecule has 1 saturated heterocycles. The van der Waals surface area contributed by atoms with E-state index in [4.69, 9.17) is 0 Å². The normalized spacial score (nSPS) is 23.6. The molecule has 0 amide bonds. The van der Waals surface area contributed by atoms with Crippen molar-refractivity contribution in [2.75, 3.05) is 13.1 Å². The summed E-state index contributed by atoms with van der Waals surface area (Å²) in [4.78, 5) is 12.5. The number of halogens is 1. The topological polar surface area (TPSA) is 46.9 Å². The van der Waals surface area contributed by atoms with E-state index in [-0.39, 0.29) is 5.41 Å². The first-order valence-electron chi connectivity index (χ1n) is 6.43. The fourth-order valence-corrected chi connectivity index (χ4v) is 2.88. The molecule has 5 heteroatoms. The predicted molar refractivity (Wildman–Crippen MR) is 74.6 cm³/mol. The fourth-order valence-electron chi connectivity index (χ4n) is 2.46. The molecule has 0 radical (unpaired) electrons. The van der Waals surface area contributed by atoms with Crippen LogP contribution in [0.3, 0.4) is 0 Å². The van der Waals surface area contributed by atoms with Crippen molar-refractivity contribution in [2.45, 2.75) is 40.2 Å². The Balaban J connectivity index is 2.21. The Bertz CT molecular complexity index is 461.